The summed E-state index contributed by atoms with van der Waals surface area (Å²) in [5.74, 6) is -0.322. The molecule has 0 atom stereocenters. The minimum atomic E-state index is -3.27. The van der Waals surface area contributed by atoms with Crippen molar-refractivity contribution in [2.24, 2.45) is 0 Å². The molecule has 142 valence electrons. The van der Waals surface area contributed by atoms with Crippen LogP contribution in [-0.2, 0) is 10.0 Å². The van der Waals surface area contributed by atoms with E-state index in [9.17, 15) is 23.3 Å². The highest BCUT2D eigenvalue weighted by molar-refractivity contribution is 7.93. The first-order valence-corrected chi connectivity index (χ1v) is 9.98. The van der Waals surface area contributed by atoms with Gasteiger partial charge in [-0.25, -0.2) is 8.42 Å². The molecule has 1 N–H and O–H groups in total. The second-order valence-electron chi connectivity index (χ2n) is 6.40. The standard InChI is InChI=1S/C18H19N3O5S/c1-12-11-14(20-9-4-10-27(20,25)26)7-8-16(12)19-18(22)15-5-3-6-17(13(15)2)21(23)24/h3,5-8,11H,4,9-10H2,1-2H3,(H,19,22). The quantitative estimate of drug-likeness (QED) is 0.638. The van der Waals surface area contributed by atoms with Crippen molar-refractivity contribution in [3.05, 3.63) is 63.2 Å². The van der Waals surface area contributed by atoms with E-state index >= 15 is 0 Å². The van der Waals surface area contributed by atoms with Gasteiger partial charge in [-0.1, -0.05) is 6.07 Å². The molecule has 1 aliphatic heterocycles. The molecule has 1 heterocycles. The molecule has 0 spiro atoms. The third-order valence-corrected chi connectivity index (χ3v) is 6.46. The van der Waals surface area contributed by atoms with Crippen LogP contribution in [0, 0.1) is 24.0 Å². The molecule has 2 aromatic rings. The van der Waals surface area contributed by atoms with E-state index in [0.717, 1.165) is 0 Å². The van der Waals surface area contributed by atoms with Crippen molar-refractivity contribution in [2.45, 2.75) is 20.3 Å². The Labute approximate surface area is 157 Å². The molecule has 2 aromatic carbocycles. The fourth-order valence-electron chi connectivity index (χ4n) is 3.13. The summed E-state index contributed by atoms with van der Waals surface area (Å²) in [6.45, 7) is 3.74. The normalized spacial score (nSPS) is 15.6. The lowest BCUT2D eigenvalue weighted by Gasteiger charge is -2.19. The van der Waals surface area contributed by atoms with Crippen LogP contribution in [0.3, 0.4) is 0 Å². The van der Waals surface area contributed by atoms with Crippen molar-refractivity contribution in [2.75, 3.05) is 21.9 Å². The van der Waals surface area contributed by atoms with Crippen molar-refractivity contribution >= 4 is 33.0 Å². The molecule has 0 aliphatic carbocycles. The molecule has 1 amide bonds. The molecule has 0 radical (unpaired) electrons. The number of benzene rings is 2. The van der Waals surface area contributed by atoms with Gasteiger partial charge in [-0.2, -0.15) is 0 Å². The number of nitro benzene ring substituents is 1. The zero-order valence-corrected chi connectivity index (χ0v) is 15.7. The number of aryl methyl sites for hydroxylation is 1. The summed E-state index contributed by atoms with van der Waals surface area (Å²) in [5, 5.41) is 13.8. The van der Waals surface area contributed by atoms with Crippen LogP contribution in [0.2, 0.25) is 0 Å². The number of sulfonamides is 1. The lowest BCUT2D eigenvalue weighted by atomic mass is 10.1. The molecule has 0 unspecified atom stereocenters. The van der Waals surface area contributed by atoms with Gasteiger partial charge >= 0.3 is 0 Å². The average Bonchev–Trinajstić information content (AvgIpc) is 2.95. The van der Waals surface area contributed by atoms with Crippen molar-refractivity contribution in [1.29, 1.82) is 0 Å². The Morgan fingerprint density at radius 2 is 1.96 bits per heavy atom. The fourth-order valence-corrected chi connectivity index (χ4v) is 4.69. The van der Waals surface area contributed by atoms with Gasteiger partial charge < -0.3 is 5.32 Å². The first-order chi connectivity index (χ1) is 12.7. The Hall–Kier alpha value is -2.94. The maximum Gasteiger partial charge on any atom is 0.273 e. The minimum absolute atomic E-state index is 0.117. The van der Waals surface area contributed by atoms with Gasteiger partial charge in [-0.3, -0.25) is 19.2 Å². The van der Waals surface area contributed by atoms with Crippen molar-refractivity contribution in [1.82, 2.24) is 0 Å². The van der Waals surface area contributed by atoms with Crippen molar-refractivity contribution in [3.8, 4) is 0 Å². The van der Waals surface area contributed by atoms with E-state index in [4.69, 9.17) is 0 Å². The fraction of sp³-hybridized carbons (Fsp3) is 0.278. The molecule has 3 rings (SSSR count). The molecule has 0 saturated carbocycles. The van der Waals surface area contributed by atoms with Crippen LogP contribution in [0.5, 0.6) is 0 Å². The van der Waals surface area contributed by atoms with Crippen LogP contribution in [0.1, 0.15) is 27.9 Å². The molecule has 1 fully saturated rings. The molecule has 1 aliphatic rings. The van der Waals surface area contributed by atoms with E-state index < -0.39 is 20.9 Å². The van der Waals surface area contributed by atoms with Crippen LogP contribution < -0.4 is 9.62 Å². The number of hydrogen-bond donors (Lipinski definition) is 1. The summed E-state index contributed by atoms with van der Waals surface area (Å²) in [4.78, 5) is 23.1. The van der Waals surface area contributed by atoms with Gasteiger partial charge in [-0.15, -0.1) is 0 Å². The molecular formula is C18H19N3O5S. The maximum absolute atomic E-state index is 12.6. The summed E-state index contributed by atoms with van der Waals surface area (Å²) >= 11 is 0. The average molecular weight is 389 g/mol. The van der Waals surface area contributed by atoms with Gasteiger partial charge in [-0.05, 0) is 50.1 Å². The monoisotopic (exact) mass is 389 g/mol. The number of anilines is 2. The van der Waals surface area contributed by atoms with Crippen LogP contribution >= 0.6 is 0 Å². The van der Waals surface area contributed by atoms with Crippen LogP contribution in [0.25, 0.3) is 0 Å². The first-order valence-electron chi connectivity index (χ1n) is 8.37. The van der Waals surface area contributed by atoms with E-state index in [0.29, 0.717) is 29.9 Å². The second-order valence-corrected chi connectivity index (χ2v) is 8.41. The lowest BCUT2D eigenvalue weighted by molar-refractivity contribution is -0.385. The van der Waals surface area contributed by atoms with Crippen LogP contribution in [0.15, 0.2) is 36.4 Å². The van der Waals surface area contributed by atoms with Crippen molar-refractivity contribution < 1.29 is 18.1 Å². The number of hydrogen-bond acceptors (Lipinski definition) is 5. The summed E-state index contributed by atoms with van der Waals surface area (Å²) in [5.41, 5.74) is 2.17. The Kier molecular flexibility index (Phi) is 4.88. The molecule has 1 saturated heterocycles. The number of rotatable bonds is 4. The van der Waals surface area contributed by atoms with Gasteiger partial charge in [0, 0.05) is 29.4 Å². The van der Waals surface area contributed by atoms with Crippen LogP contribution in [0.4, 0.5) is 17.1 Å². The van der Waals surface area contributed by atoms with E-state index in [1.54, 1.807) is 25.1 Å². The zero-order chi connectivity index (χ0) is 19.8. The predicted molar refractivity (Wildman–Crippen MR) is 103 cm³/mol. The SMILES string of the molecule is Cc1cc(N2CCCS2(=O)=O)ccc1NC(=O)c1cccc([N+](=O)[O-])c1C. The Morgan fingerprint density at radius 3 is 2.56 bits per heavy atom. The summed E-state index contributed by atoms with van der Waals surface area (Å²) < 4.78 is 25.5. The molecular weight excluding hydrogens is 370 g/mol. The van der Waals surface area contributed by atoms with Gasteiger partial charge in [0.05, 0.1) is 16.4 Å². The maximum atomic E-state index is 12.6. The number of carbonyl (C=O) groups is 1. The van der Waals surface area contributed by atoms with E-state index in [1.165, 1.54) is 29.4 Å². The van der Waals surface area contributed by atoms with Crippen LogP contribution in [-0.4, -0.2) is 31.5 Å². The van der Waals surface area contributed by atoms with E-state index in [2.05, 4.69) is 5.32 Å². The lowest BCUT2D eigenvalue weighted by Crippen LogP contribution is -2.25. The molecule has 27 heavy (non-hydrogen) atoms. The number of nitrogens with zero attached hydrogens (tertiary/aromatic N) is 2. The second kappa shape index (κ2) is 6.99. The van der Waals surface area contributed by atoms with Gasteiger partial charge in [0.1, 0.15) is 0 Å². The number of nitro groups is 1. The highest BCUT2D eigenvalue weighted by Gasteiger charge is 2.28. The van der Waals surface area contributed by atoms with E-state index in [1.807, 2.05) is 0 Å². The van der Waals surface area contributed by atoms with Crippen molar-refractivity contribution in [3.63, 3.8) is 0 Å². The molecule has 0 bridgehead atoms. The number of carbonyl (C=O) groups excluding carboxylic acids is 1. The van der Waals surface area contributed by atoms with Gasteiger partial charge in [0.2, 0.25) is 10.0 Å². The third-order valence-electron chi connectivity index (χ3n) is 4.59. The number of nitrogens with one attached hydrogen (secondary N) is 1. The Bertz CT molecular complexity index is 1030. The summed E-state index contributed by atoms with van der Waals surface area (Å²) in [6.07, 6.45) is 0.589. The smallest absolute Gasteiger partial charge is 0.273 e. The number of amides is 1. The Morgan fingerprint density at radius 1 is 1.22 bits per heavy atom. The highest BCUT2D eigenvalue weighted by atomic mass is 32.2. The minimum Gasteiger partial charge on any atom is -0.322 e. The van der Waals surface area contributed by atoms with Gasteiger partial charge in [0.25, 0.3) is 11.6 Å². The zero-order valence-electron chi connectivity index (χ0n) is 14.9. The third kappa shape index (κ3) is 3.63. The predicted octanol–water partition coefficient (Wildman–Crippen LogP) is 3.00. The van der Waals surface area contributed by atoms with E-state index in [-0.39, 0.29) is 22.6 Å². The summed E-state index contributed by atoms with van der Waals surface area (Å²) in [6, 6.07) is 9.34. The topological polar surface area (TPSA) is 110 Å². The molecule has 0 aromatic heterocycles. The molecule has 8 nitrogen and oxygen atoms in total. The first kappa shape index (κ1) is 18.8. The summed E-state index contributed by atoms with van der Waals surface area (Å²) in [7, 11) is -3.27. The highest BCUT2D eigenvalue weighted by Crippen LogP contribution is 2.29. The molecule has 9 heteroatoms. The largest absolute Gasteiger partial charge is 0.322 e. The Balaban J connectivity index is 1.86. The van der Waals surface area contributed by atoms with Gasteiger partial charge in [0.15, 0.2) is 0 Å².